The van der Waals surface area contributed by atoms with Gasteiger partial charge in [-0.15, -0.1) is 0 Å². The Kier molecular flexibility index (Phi) is 4.66. The number of carbonyl (C=O) groups is 2. The Morgan fingerprint density at radius 2 is 1.91 bits per heavy atom. The minimum absolute atomic E-state index is 0.0886. The van der Waals surface area contributed by atoms with E-state index in [1.807, 2.05) is 0 Å². The SMILES string of the molecule is CCCN(CC1CC1)[C@H]1CC(=O)N(c2ccc(OC)cc2)C1=O. The summed E-state index contributed by atoms with van der Waals surface area (Å²) < 4.78 is 5.13. The van der Waals surface area contributed by atoms with Crippen LogP contribution >= 0.6 is 0 Å². The second-order valence-electron chi connectivity index (χ2n) is 6.42. The third-order valence-electron chi connectivity index (χ3n) is 4.59. The minimum atomic E-state index is -0.301. The van der Waals surface area contributed by atoms with E-state index in [4.69, 9.17) is 4.74 Å². The van der Waals surface area contributed by atoms with Crippen LogP contribution in [-0.4, -0.2) is 43.0 Å². The molecule has 2 aliphatic rings. The van der Waals surface area contributed by atoms with Crippen molar-refractivity contribution < 1.29 is 14.3 Å². The van der Waals surface area contributed by atoms with Gasteiger partial charge in [-0.3, -0.25) is 14.5 Å². The number of hydrogen-bond donors (Lipinski definition) is 0. The quantitative estimate of drug-likeness (QED) is 0.725. The van der Waals surface area contributed by atoms with E-state index in [1.165, 1.54) is 17.7 Å². The van der Waals surface area contributed by atoms with Crippen LogP contribution in [0, 0.1) is 5.92 Å². The lowest BCUT2D eigenvalue weighted by molar-refractivity contribution is -0.123. The number of benzene rings is 1. The van der Waals surface area contributed by atoms with Crippen LogP contribution in [0.3, 0.4) is 0 Å². The van der Waals surface area contributed by atoms with Gasteiger partial charge in [0.05, 0.1) is 25.3 Å². The van der Waals surface area contributed by atoms with E-state index in [1.54, 1.807) is 31.4 Å². The Hall–Kier alpha value is -1.88. The summed E-state index contributed by atoms with van der Waals surface area (Å²) >= 11 is 0. The summed E-state index contributed by atoms with van der Waals surface area (Å²) in [5.74, 6) is 1.22. The molecule has 3 rings (SSSR count). The molecular weight excluding hydrogens is 292 g/mol. The van der Waals surface area contributed by atoms with Crippen LogP contribution in [0.5, 0.6) is 5.75 Å². The van der Waals surface area contributed by atoms with E-state index in [0.717, 1.165) is 19.5 Å². The van der Waals surface area contributed by atoms with Gasteiger partial charge in [0.1, 0.15) is 5.75 Å². The summed E-state index contributed by atoms with van der Waals surface area (Å²) in [6.45, 7) is 3.92. The van der Waals surface area contributed by atoms with Crippen molar-refractivity contribution in [1.82, 2.24) is 4.90 Å². The molecule has 0 radical (unpaired) electrons. The van der Waals surface area contributed by atoms with Gasteiger partial charge in [0.2, 0.25) is 5.91 Å². The van der Waals surface area contributed by atoms with Gasteiger partial charge in [-0.1, -0.05) is 6.92 Å². The van der Waals surface area contributed by atoms with Crippen molar-refractivity contribution >= 4 is 17.5 Å². The molecule has 1 aromatic rings. The molecular formula is C18H24N2O3. The molecule has 0 N–H and O–H groups in total. The van der Waals surface area contributed by atoms with E-state index in [-0.39, 0.29) is 24.3 Å². The van der Waals surface area contributed by atoms with Crippen molar-refractivity contribution in [3.8, 4) is 5.75 Å². The van der Waals surface area contributed by atoms with Gasteiger partial charge in [0, 0.05) is 6.54 Å². The van der Waals surface area contributed by atoms with Crippen LogP contribution < -0.4 is 9.64 Å². The summed E-state index contributed by atoms with van der Waals surface area (Å²) in [5, 5.41) is 0. The number of methoxy groups -OCH3 is 1. The smallest absolute Gasteiger partial charge is 0.251 e. The van der Waals surface area contributed by atoms with Crippen LogP contribution in [0.15, 0.2) is 24.3 Å². The third kappa shape index (κ3) is 3.39. The van der Waals surface area contributed by atoms with Gasteiger partial charge < -0.3 is 4.74 Å². The zero-order chi connectivity index (χ0) is 16.4. The molecule has 0 bridgehead atoms. The van der Waals surface area contributed by atoms with Gasteiger partial charge in [-0.2, -0.15) is 0 Å². The molecule has 124 valence electrons. The Morgan fingerprint density at radius 1 is 1.22 bits per heavy atom. The van der Waals surface area contributed by atoms with Gasteiger partial charge >= 0.3 is 0 Å². The summed E-state index contributed by atoms with van der Waals surface area (Å²) in [6, 6.07) is 6.78. The molecule has 0 spiro atoms. The van der Waals surface area contributed by atoms with Gasteiger partial charge in [0.15, 0.2) is 0 Å². The monoisotopic (exact) mass is 316 g/mol. The van der Waals surface area contributed by atoms with E-state index >= 15 is 0 Å². The molecule has 5 heteroatoms. The van der Waals surface area contributed by atoms with Crippen LogP contribution in [0.1, 0.15) is 32.6 Å². The molecule has 0 unspecified atom stereocenters. The summed E-state index contributed by atoms with van der Waals surface area (Å²) in [7, 11) is 1.59. The first-order chi connectivity index (χ1) is 11.1. The zero-order valence-corrected chi connectivity index (χ0v) is 13.8. The molecule has 1 aromatic carbocycles. The Labute approximate surface area is 137 Å². The van der Waals surface area contributed by atoms with Crippen molar-refractivity contribution in [3.63, 3.8) is 0 Å². The van der Waals surface area contributed by atoms with Crippen molar-refractivity contribution in [2.45, 2.75) is 38.6 Å². The average molecular weight is 316 g/mol. The zero-order valence-electron chi connectivity index (χ0n) is 13.8. The highest BCUT2D eigenvalue weighted by atomic mass is 16.5. The number of hydrogen-bond acceptors (Lipinski definition) is 4. The molecule has 5 nitrogen and oxygen atoms in total. The van der Waals surface area contributed by atoms with Crippen LogP contribution in [-0.2, 0) is 9.59 Å². The van der Waals surface area contributed by atoms with E-state index in [2.05, 4.69) is 11.8 Å². The minimum Gasteiger partial charge on any atom is -0.497 e. The van der Waals surface area contributed by atoms with Gasteiger partial charge in [0.25, 0.3) is 5.91 Å². The van der Waals surface area contributed by atoms with Crippen molar-refractivity contribution in [3.05, 3.63) is 24.3 Å². The molecule has 1 heterocycles. The van der Waals surface area contributed by atoms with Crippen molar-refractivity contribution in [2.24, 2.45) is 5.92 Å². The predicted octanol–water partition coefficient (Wildman–Crippen LogP) is 2.45. The molecule has 1 atom stereocenters. The third-order valence-corrected chi connectivity index (χ3v) is 4.59. The van der Waals surface area contributed by atoms with E-state index < -0.39 is 0 Å². The number of rotatable bonds is 7. The Balaban J connectivity index is 1.77. The first kappa shape index (κ1) is 16.0. The number of ether oxygens (including phenoxy) is 1. The molecule has 1 aliphatic heterocycles. The maximum Gasteiger partial charge on any atom is 0.251 e. The van der Waals surface area contributed by atoms with E-state index in [9.17, 15) is 9.59 Å². The fourth-order valence-electron chi connectivity index (χ4n) is 3.20. The first-order valence-electron chi connectivity index (χ1n) is 8.39. The lowest BCUT2D eigenvalue weighted by atomic mass is 10.2. The summed E-state index contributed by atoms with van der Waals surface area (Å²) in [4.78, 5) is 28.8. The highest BCUT2D eigenvalue weighted by Crippen LogP contribution is 2.33. The largest absolute Gasteiger partial charge is 0.497 e. The van der Waals surface area contributed by atoms with Gasteiger partial charge in [-0.25, -0.2) is 4.90 Å². The van der Waals surface area contributed by atoms with E-state index in [0.29, 0.717) is 17.4 Å². The Bertz CT molecular complexity index is 580. The number of imide groups is 1. The molecule has 1 saturated heterocycles. The van der Waals surface area contributed by atoms with Gasteiger partial charge in [-0.05, 0) is 56.0 Å². The molecule has 2 fully saturated rings. The fourth-order valence-corrected chi connectivity index (χ4v) is 3.20. The average Bonchev–Trinajstić information content (AvgIpc) is 3.32. The lowest BCUT2D eigenvalue weighted by Crippen LogP contribution is -2.43. The molecule has 0 aromatic heterocycles. The highest BCUT2D eigenvalue weighted by Gasteiger charge is 2.43. The van der Waals surface area contributed by atoms with Crippen molar-refractivity contribution in [1.29, 1.82) is 0 Å². The summed E-state index contributed by atoms with van der Waals surface area (Å²) in [6.07, 6.45) is 3.78. The molecule has 2 amide bonds. The maximum atomic E-state index is 12.8. The topological polar surface area (TPSA) is 49.9 Å². The fraction of sp³-hybridized carbons (Fsp3) is 0.556. The van der Waals surface area contributed by atoms with Crippen LogP contribution in [0.25, 0.3) is 0 Å². The Morgan fingerprint density at radius 3 is 2.48 bits per heavy atom. The lowest BCUT2D eigenvalue weighted by Gasteiger charge is -2.26. The first-order valence-corrected chi connectivity index (χ1v) is 8.39. The normalized spacial score (nSPS) is 21.3. The van der Waals surface area contributed by atoms with Crippen LogP contribution in [0.2, 0.25) is 0 Å². The number of anilines is 1. The standard InChI is InChI=1S/C18H24N2O3/c1-3-10-19(12-13-4-5-13)16-11-17(21)20(18(16)22)14-6-8-15(23-2)9-7-14/h6-9,13,16H,3-5,10-12H2,1-2H3/t16-/m0/s1. The highest BCUT2D eigenvalue weighted by molar-refractivity contribution is 6.22. The maximum absolute atomic E-state index is 12.8. The predicted molar refractivity (Wildman–Crippen MR) is 88.5 cm³/mol. The molecule has 23 heavy (non-hydrogen) atoms. The van der Waals surface area contributed by atoms with Crippen LogP contribution in [0.4, 0.5) is 5.69 Å². The summed E-state index contributed by atoms with van der Waals surface area (Å²) in [5.41, 5.74) is 0.631. The number of nitrogens with zero attached hydrogens (tertiary/aromatic N) is 2. The molecule has 1 aliphatic carbocycles. The van der Waals surface area contributed by atoms with Crippen molar-refractivity contribution in [2.75, 3.05) is 25.1 Å². The number of amides is 2. The number of carbonyl (C=O) groups excluding carboxylic acids is 2. The second kappa shape index (κ2) is 6.71. The second-order valence-corrected chi connectivity index (χ2v) is 6.42. The molecule has 1 saturated carbocycles.